The summed E-state index contributed by atoms with van der Waals surface area (Å²) in [7, 11) is 0. The third-order valence-corrected chi connectivity index (χ3v) is 8.20. The van der Waals surface area contributed by atoms with E-state index in [0.717, 1.165) is 5.56 Å². The number of aliphatic carboxylic acids is 1. The minimum Gasteiger partial charge on any atom is -0.486 e. The maximum atomic E-state index is 14.8. The van der Waals surface area contributed by atoms with Gasteiger partial charge in [0.05, 0.1) is 29.6 Å². The van der Waals surface area contributed by atoms with Crippen LogP contribution >= 0.6 is 0 Å². The van der Waals surface area contributed by atoms with E-state index < -0.39 is 29.1 Å². The van der Waals surface area contributed by atoms with Crippen LogP contribution in [0.3, 0.4) is 0 Å². The van der Waals surface area contributed by atoms with Gasteiger partial charge in [-0.05, 0) is 65.2 Å². The molecule has 11 nitrogen and oxygen atoms in total. The highest BCUT2D eigenvalue weighted by Gasteiger charge is 2.37. The number of hydrogen-bond donors (Lipinski definition) is 1. The third-order valence-electron chi connectivity index (χ3n) is 8.20. The fourth-order valence-corrected chi connectivity index (χ4v) is 5.92. The Hall–Kier alpha value is -4.29. The van der Waals surface area contributed by atoms with Gasteiger partial charge >= 0.3 is 5.97 Å². The summed E-state index contributed by atoms with van der Waals surface area (Å²) in [5.41, 5.74) is 1.99. The Kier molecular flexibility index (Phi) is 8.13. The van der Waals surface area contributed by atoms with Crippen LogP contribution in [-0.2, 0) is 20.7 Å². The molecule has 1 fully saturated rings. The molecule has 7 rings (SSSR count). The van der Waals surface area contributed by atoms with Crippen LogP contribution < -0.4 is 9.64 Å². The fraction of sp³-hybridized carbons (Fsp3) is 0.455. The van der Waals surface area contributed by atoms with Crippen LogP contribution in [0.1, 0.15) is 69.0 Å². The Morgan fingerprint density at radius 1 is 1.18 bits per heavy atom. The van der Waals surface area contributed by atoms with Crippen LogP contribution in [0.15, 0.2) is 48.8 Å². The lowest BCUT2D eigenvalue weighted by Gasteiger charge is -2.41. The largest absolute Gasteiger partial charge is 0.486 e. The van der Waals surface area contributed by atoms with E-state index in [-0.39, 0.29) is 12.4 Å². The van der Waals surface area contributed by atoms with Crippen LogP contribution in [0.25, 0.3) is 11.5 Å². The van der Waals surface area contributed by atoms with Gasteiger partial charge in [-0.25, -0.2) is 18.9 Å². The summed E-state index contributed by atoms with van der Waals surface area (Å²) in [5.74, 6) is -0.175. The SMILES string of the molecule is Cc1nc2cc3nn2c(c1C(OC(C)(C)C)C(=O)O)N1CCC(C)(CC1)OCC=CCOc1c(F)cccc1Cc1cnn-3c1. The minimum absolute atomic E-state index is 0.207. The predicted octanol–water partition coefficient (Wildman–Crippen LogP) is 5.22. The zero-order valence-corrected chi connectivity index (χ0v) is 26.3. The molecule has 6 bridgehead atoms. The number of carboxylic acids is 1. The van der Waals surface area contributed by atoms with E-state index in [1.54, 1.807) is 21.5 Å². The van der Waals surface area contributed by atoms with Crippen molar-refractivity contribution in [2.45, 2.75) is 71.2 Å². The molecular weight excluding hydrogens is 579 g/mol. The number of piperidine rings is 1. The van der Waals surface area contributed by atoms with Crippen molar-refractivity contribution < 1.29 is 28.5 Å². The lowest BCUT2D eigenvalue weighted by Crippen LogP contribution is -2.45. The number of hydrogen-bond acceptors (Lipinski definition) is 8. The number of carbonyl (C=O) groups is 1. The number of aromatic nitrogens is 5. The zero-order chi connectivity index (χ0) is 31.9. The van der Waals surface area contributed by atoms with Crippen LogP contribution in [0.2, 0.25) is 0 Å². The first-order valence-electron chi connectivity index (χ1n) is 15.2. The fourth-order valence-electron chi connectivity index (χ4n) is 5.92. The Bertz CT molecular complexity index is 1750. The van der Waals surface area contributed by atoms with Gasteiger partial charge in [0.1, 0.15) is 12.4 Å². The topological polar surface area (TPSA) is 116 Å². The minimum atomic E-state index is -1.26. The number of para-hydroxylation sites is 1. The molecule has 0 aliphatic carbocycles. The monoisotopic (exact) mass is 618 g/mol. The molecule has 0 radical (unpaired) electrons. The number of nitrogens with zero attached hydrogens (tertiary/aromatic N) is 6. The normalized spacial score (nSPS) is 17.7. The van der Waals surface area contributed by atoms with Gasteiger partial charge in [-0.2, -0.15) is 9.61 Å². The van der Waals surface area contributed by atoms with E-state index in [0.29, 0.717) is 73.1 Å². The molecule has 3 aliphatic rings. The summed E-state index contributed by atoms with van der Waals surface area (Å²) in [6.45, 7) is 11.2. The van der Waals surface area contributed by atoms with Gasteiger partial charge in [0.25, 0.3) is 0 Å². The summed E-state index contributed by atoms with van der Waals surface area (Å²) >= 11 is 0. The average molecular weight is 619 g/mol. The first kappa shape index (κ1) is 30.7. The van der Waals surface area contributed by atoms with Gasteiger partial charge in [0, 0.05) is 43.0 Å². The van der Waals surface area contributed by atoms with E-state index in [4.69, 9.17) is 24.3 Å². The van der Waals surface area contributed by atoms with Crippen LogP contribution in [0.4, 0.5) is 10.2 Å². The summed E-state index contributed by atoms with van der Waals surface area (Å²) < 4.78 is 36.5. The van der Waals surface area contributed by atoms with Gasteiger partial charge in [0.15, 0.2) is 29.1 Å². The first-order valence-corrected chi connectivity index (χ1v) is 15.2. The summed E-state index contributed by atoms with van der Waals surface area (Å²) in [6, 6.07) is 6.71. The Morgan fingerprint density at radius 2 is 1.93 bits per heavy atom. The summed E-state index contributed by atoms with van der Waals surface area (Å²) in [5, 5.41) is 19.8. The molecular formula is C33H39FN6O5. The molecule has 4 aromatic rings. The number of carboxylic acid groups (broad SMARTS) is 1. The molecule has 238 valence electrons. The Morgan fingerprint density at radius 3 is 2.67 bits per heavy atom. The van der Waals surface area contributed by atoms with E-state index in [2.05, 4.69) is 16.9 Å². The zero-order valence-electron chi connectivity index (χ0n) is 26.3. The van der Waals surface area contributed by atoms with Gasteiger partial charge in [0.2, 0.25) is 0 Å². The summed E-state index contributed by atoms with van der Waals surface area (Å²) in [6.07, 6.45) is 7.82. The molecule has 0 spiro atoms. The molecule has 6 heterocycles. The predicted molar refractivity (Wildman–Crippen MR) is 166 cm³/mol. The van der Waals surface area contributed by atoms with E-state index in [1.165, 1.54) is 6.07 Å². The highest BCUT2D eigenvalue weighted by Crippen LogP contribution is 2.38. The van der Waals surface area contributed by atoms with Crippen molar-refractivity contribution in [2.24, 2.45) is 0 Å². The smallest absolute Gasteiger partial charge is 0.337 e. The average Bonchev–Trinajstić information content (AvgIpc) is 3.61. The standard InChI is InChI=1S/C33H39FN6O5/c1-21-27(29(31(41)42)45-32(2,3)4)30-38-13-11-33(5,12-14-38)44-16-7-6-15-43-28-23(9-8-10-24(28)34)17-22-19-35-39(20-22)26-18-25(36-21)40(30)37-26/h6-10,18-20,29H,11-17H2,1-5H3,(H,41,42). The number of ether oxygens (including phenoxy) is 3. The van der Waals surface area contributed by atoms with E-state index in [9.17, 15) is 14.3 Å². The number of aryl methyl sites for hydroxylation is 1. The van der Waals surface area contributed by atoms with E-state index >= 15 is 0 Å². The first-order chi connectivity index (χ1) is 21.4. The lowest BCUT2D eigenvalue weighted by atomic mass is 9.92. The van der Waals surface area contributed by atoms with E-state index in [1.807, 2.05) is 58.2 Å². The number of fused-ring (bicyclic) bond motifs is 6. The molecule has 0 saturated carbocycles. The molecule has 45 heavy (non-hydrogen) atoms. The van der Waals surface area contributed by atoms with Crippen LogP contribution in [0.5, 0.6) is 5.75 Å². The second-order valence-corrected chi connectivity index (χ2v) is 12.9. The second-order valence-electron chi connectivity index (χ2n) is 12.9. The maximum Gasteiger partial charge on any atom is 0.337 e. The Labute approximate surface area is 261 Å². The molecule has 1 aromatic carbocycles. The van der Waals surface area contributed by atoms with Crippen LogP contribution in [-0.4, -0.2) is 73.0 Å². The van der Waals surface area contributed by atoms with Crippen LogP contribution in [0, 0.1) is 12.7 Å². The molecule has 12 heteroatoms. The number of anilines is 1. The van der Waals surface area contributed by atoms with Crippen molar-refractivity contribution in [1.82, 2.24) is 24.4 Å². The van der Waals surface area contributed by atoms with Crippen molar-refractivity contribution in [1.29, 1.82) is 0 Å². The molecule has 3 aromatic heterocycles. The molecule has 1 saturated heterocycles. The number of benzene rings is 1. The van der Waals surface area contributed by atoms with Gasteiger partial charge in [-0.3, -0.25) is 0 Å². The number of rotatable bonds is 3. The molecule has 1 unspecified atom stereocenters. The van der Waals surface area contributed by atoms with Crippen molar-refractivity contribution in [3.8, 4) is 11.6 Å². The van der Waals surface area contributed by atoms with Gasteiger partial charge < -0.3 is 24.2 Å². The van der Waals surface area contributed by atoms with Crippen molar-refractivity contribution >= 4 is 17.4 Å². The lowest BCUT2D eigenvalue weighted by molar-refractivity contribution is -0.160. The van der Waals surface area contributed by atoms with Crippen molar-refractivity contribution in [3.05, 3.63) is 77.0 Å². The third kappa shape index (κ3) is 6.43. The quantitative estimate of drug-likeness (QED) is 0.309. The second kappa shape index (κ2) is 11.9. The number of halogens is 1. The van der Waals surface area contributed by atoms with Crippen molar-refractivity contribution in [3.63, 3.8) is 0 Å². The molecule has 1 atom stereocenters. The van der Waals surface area contributed by atoms with Gasteiger partial charge in [-0.15, -0.1) is 5.10 Å². The molecule has 3 aliphatic heterocycles. The Balaban J connectivity index is 1.49. The van der Waals surface area contributed by atoms with Crippen molar-refractivity contribution in [2.75, 3.05) is 31.2 Å². The van der Waals surface area contributed by atoms with Gasteiger partial charge in [-0.1, -0.05) is 18.2 Å². The highest BCUT2D eigenvalue weighted by atomic mass is 19.1. The summed E-state index contributed by atoms with van der Waals surface area (Å²) in [4.78, 5) is 19.7. The highest BCUT2D eigenvalue weighted by molar-refractivity contribution is 5.78. The maximum absolute atomic E-state index is 14.8. The molecule has 0 amide bonds. The molecule has 1 N–H and O–H groups in total.